The Kier molecular flexibility index (Phi) is 9.09. The van der Waals surface area contributed by atoms with Crippen LogP contribution in [0.1, 0.15) is 40.5 Å². The molecule has 0 amide bonds. The molecule has 4 heteroatoms. The van der Waals surface area contributed by atoms with Crippen LogP contribution in [0.3, 0.4) is 0 Å². The van der Waals surface area contributed by atoms with Gasteiger partial charge in [0.1, 0.15) is 6.04 Å². The van der Waals surface area contributed by atoms with E-state index in [-0.39, 0.29) is 5.97 Å². The zero-order valence-corrected chi connectivity index (χ0v) is 11.7. The Bertz CT molecular complexity index is 206. The van der Waals surface area contributed by atoms with E-state index in [0.29, 0.717) is 19.1 Å². The Morgan fingerprint density at radius 1 is 1.18 bits per heavy atom. The molecule has 0 radical (unpaired) electrons. The zero-order valence-electron chi connectivity index (χ0n) is 11.7. The molecule has 102 valence electrons. The number of nitrogens with zero attached hydrogens (tertiary/aromatic N) is 1. The highest BCUT2D eigenvalue weighted by atomic mass is 16.5. The van der Waals surface area contributed by atoms with Crippen molar-refractivity contribution in [3.63, 3.8) is 0 Å². The second kappa shape index (κ2) is 9.42. The molecule has 0 aromatic rings. The Balaban J connectivity index is 4.15. The summed E-state index contributed by atoms with van der Waals surface area (Å²) in [7, 11) is 0. The number of carbonyl (C=O) groups excluding carboxylic acids is 1. The summed E-state index contributed by atoms with van der Waals surface area (Å²) in [5.41, 5.74) is 5.82. The van der Waals surface area contributed by atoms with Gasteiger partial charge in [-0.3, -0.25) is 4.79 Å². The molecule has 0 aromatic carbocycles. The summed E-state index contributed by atoms with van der Waals surface area (Å²) in [6.07, 6.45) is 2.34. The predicted octanol–water partition coefficient (Wildman–Crippen LogP) is 1.63. The predicted molar refractivity (Wildman–Crippen MR) is 70.8 cm³/mol. The third-order valence-corrected chi connectivity index (χ3v) is 3.16. The van der Waals surface area contributed by atoms with Gasteiger partial charge in [0, 0.05) is 13.1 Å². The van der Waals surface area contributed by atoms with Crippen LogP contribution in [0, 0.1) is 5.92 Å². The molecule has 0 saturated heterocycles. The lowest BCUT2D eigenvalue weighted by Gasteiger charge is -2.27. The van der Waals surface area contributed by atoms with Gasteiger partial charge in [-0.25, -0.2) is 0 Å². The van der Waals surface area contributed by atoms with Crippen LogP contribution < -0.4 is 5.73 Å². The van der Waals surface area contributed by atoms with E-state index < -0.39 is 6.04 Å². The van der Waals surface area contributed by atoms with E-state index in [9.17, 15) is 4.79 Å². The van der Waals surface area contributed by atoms with Gasteiger partial charge in [-0.15, -0.1) is 0 Å². The van der Waals surface area contributed by atoms with E-state index in [4.69, 9.17) is 10.5 Å². The number of ether oxygens (including phenoxy) is 1. The maximum Gasteiger partial charge on any atom is 0.324 e. The van der Waals surface area contributed by atoms with Crippen LogP contribution in [0.15, 0.2) is 0 Å². The minimum absolute atomic E-state index is 0.296. The van der Waals surface area contributed by atoms with Gasteiger partial charge in [-0.1, -0.05) is 33.6 Å². The summed E-state index contributed by atoms with van der Waals surface area (Å²) in [4.78, 5) is 13.7. The summed E-state index contributed by atoms with van der Waals surface area (Å²) >= 11 is 0. The first kappa shape index (κ1) is 16.4. The summed E-state index contributed by atoms with van der Waals surface area (Å²) in [5, 5.41) is 0. The largest absolute Gasteiger partial charge is 0.465 e. The fourth-order valence-corrected chi connectivity index (χ4v) is 1.85. The van der Waals surface area contributed by atoms with Crippen molar-refractivity contribution in [2.75, 3.05) is 26.2 Å². The fraction of sp³-hybridized carbons (Fsp3) is 0.923. The molecule has 1 atom stereocenters. The van der Waals surface area contributed by atoms with Gasteiger partial charge in [0.25, 0.3) is 0 Å². The van der Waals surface area contributed by atoms with E-state index >= 15 is 0 Å². The van der Waals surface area contributed by atoms with Crippen molar-refractivity contribution in [3.05, 3.63) is 0 Å². The van der Waals surface area contributed by atoms with Crippen molar-refractivity contribution in [1.29, 1.82) is 0 Å². The van der Waals surface area contributed by atoms with E-state index in [1.54, 1.807) is 6.92 Å². The van der Waals surface area contributed by atoms with E-state index in [2.05, 4.69) is 25.7 Å². The summed E-state index contributed by atoms with van der Waals surface area (Å²) in [5.74, 6) is 0.389. The average molecular weight is 244 g/mol. The Labute approximate surface area is 105 Å². The SMILES string of the molecule is CCOC(=O)C(N)CN(CC)CC(CC)CC. The molecule has 0 aromatic heterocycles. The van der Waals surface area contributed by atoms with E-state index in [1.165, 1.54) is 12.8 Å². The van der Waals surface area contributed by atoms with Crippen LogP contribution >= 0.6 is 0 Å². The highest BCUT2D eigenvalue weighted by Crippen LogP contribution is 2.10. The third kappa shape index (κ3) is 6.64. The lowest BCUT2D eigenvalue weighted by molar-refractivity contribution is -0.145. The third-order valence-electron chi connectivity index (χ3n) is 3.16. The van der Waals surface area contributed by atoms with Gasteiger partial charge in [0.15, 0.2) is 0 Å². The minimum atomic E-state index is -0.524. The quantitative estimate of drug-likeness (QED) is 0.626. The molecular formula is C13H28N2O2. The van der Waals surface area contributed by atoms with Gasteiger partial charge in [0.2, 0.25) is 0 Å². The molecule has 0 saturated carbocycles. The first-order valence-corrected chi connectivity index (χ1v) is 6.73. The second-order valence-corrected chi connectivity index (χ2v) is 4.39. The van der Waals surface area contributed by atoms with Crippen LogP contribution in [0.5, 0.6) is 0 Å². The molecule has 0 spiro atoms. The smallest absolute Gasteiger partial charge is 0.324 e. The number of carbonyl (C=O) groups is 1. The lowest BCUT2D eigenvalue weighted by atomic mass is 10.0. The highest BCUT2D eigenvalue weighted by molar-refractivity contribution is 5.75. The van der Waals surface area contributed by atoms with Gasteiger partial charge in [0.05, 0.1) is 6.61 Å². The number of hydrogen-bond acceptors (Lipinski definition) is 4. The van der Waals surface area contributed by atoms with Crippen molar-refractivity contribution in [3.8, 4) is 0 Å². The minimum Gasteiger partial charge on any atom is -0.465 e. The Hall–Kier alpha value is -0.610. The normalized spacial score (nSPS) is 13.1. The molecule has 0 rings (SSSR count). The Morgan fingerprint density at radius 2 is 1.76 bits per heavy atom. The fourth-order valence-electron chi connectivity index (χ4n) is 1.85. The van der Waals surface area contributed by atoms with E-state index in [1.807, 2.05) is 0 Å². The second-order valence-electron chi connectivity index (χ2n) is 4.39. The van der Waals surface area contributed by atoms with Gasteiger partial charge >= 0.3 is 5.97 Å². The molecule has 4 nitrogen and oxygen atoms in total. The molecule has 17 heavy (non-hydrogen) atoms. The maximum atomic E-state index is 11.4. The van der Waals surface area contributed by atoms with Gasteiger partial charge < -0.3 is 15.4 Å². The van der Waals surface area contributed by atoms with Crippen molar-refractivity contribution in [2.24, 2.45) is 11.7 Å². The van der Waals surface area contributed by atoms with Crippen molar-refractivity contribution >= 4 is 5.97 Å². The summed E-state index contributed by atoms with van der Waals surface area (Å²) in [6.45, 7) is 11.2. The number of hydrogen-bond donors (Lipinski definition) is 1. The molecule has 2 N–H and O–H groups in total. The molecular weight excluding hydrogens is 216 g/mol. The topological polar surface area (TPSA) is 55.6 Å². The number of likely N-dealkylation sites (N-methyl/N-ethyl adjacent to an activating group) is 1. The molecule has 0 fully saturated rings. The van der Waals surface area contributed by atoms with Crippen LogP contribution in [-0.2, 0) is 9.53 Å². The summed E-state index contributed by atoms with van der Waals surface area (Å²) < 4.78 is 4.92. The molecule has 0 aliphatic rings. The molecule has 1 unspecified atom stereocenters. The first-order chi connectivity index (χ1) is 8.08. The number of esters is 1. The number of nitrogens with two attached hydrogens (primary N) is 1. The molecule has 0 aliphatic heterocycles. The van der Waals surface area contributed by atoms with Crippen LogP contribution in [0.4, 0.5) is 0 Å². The average Bonchev–Trinajstić information content (AvgIpc) is 2.34. The van der Waals surface area contributed by atoms with Crippen molar-refractivity contribution in [2.45, 2.75) is 46.6 Å². The number of rotatable bonds is 9. The zero-order chi connectivity index (χ0) is 13.3. The van der Waals surface area contributed by atoms with Gasteiger partial charge in [-0.2, -0.15) is 0 Å². The van der Waals surface area contributed by atoms with Crippen LogP contribution in [0.25, 0.3) is 0 Å². The van der Waals surface area contributed by atoms with E-state index in [0.717, 1.165) is 13.1 Å². The summed E-state index contributed by atoms with van der Waals surface area (Å²) in [6, 6.07) is -0.524. The monoisotopic (exact) mass is 244 g/mol. The lowest BCUT2D eigenvalue weighted by Crippen LogP contribution is -2.45. The van der Waals surface area contributed by atoms with Crippen molar-refractivity contribution < 1.29 is 9.53 Å². The van der Waals surface area contributed by atoms with Crippen LogP contribution in [0.2, 0.25) is 0 Å². The molecule has 0 bridgehead atoms. The molecule has 0 heterocycles. The van der Waals surface area contributed by atoms with Crippen molar-refractivity contribution in [1.82, 2.24) is 4.90 Å². The maximum absolute atomic E-state index is 11.4. The molecule has 0 aliphatic carbocycles. The highest BCUT2D eigenvalue weighted by Gasteiger charge is 2.19. The van der Waals surface area contributed by atoms with Gasteiger partial charge in [-0.05, 0) is 19.4 Å². The first-order valence-electron chi connectivity index (χ1n) is 6.73. The van der Waals surface area contributed by atoms with Crippen LogP contribution in [-0.4, -0.2) is 43.2 Å². The standard InChI is InChI=1S/C13H28N2O2/c1-5-11(6-2)9-15(7-3)10-12(14)13(16)17-8-4/h11-12H,5-10,14H2,1-4H3. The Morgan fingerprint density at radius 3 is 2.18 bits per heavy atom.